The lowest BCUT2D eigenvalue weighted by molar-refractivity contribution is 0.0955. The Morgan fingerprint density at radius 1 is 1.25 bits per heavy atom. The number of pyridine rings is 1. The summed E-state index contributed by atoms with van der Waals surface area (Å²) < 4.78 is 7.50. The van der Waals surface area contributed by atoms with Crippen LogP contribution in [0, 0.1) is 13.8 Å². The van der Waals surface area contributed by atoms with Crippen molar-refractivity contribution in [2.45, 2.75) is 40.2 Å². The highest BCUT2D eigenvalue weighted by Gasteiger charge is 2.18. The van der Waals surface area contributed by atoms with Crippen LogP contribution < -0.4 is 5.32 Å². The van der Waals surface area contributed by atoms with Crippen LogP contribution in [0.2, 0.25) is 0 Å². The molecule has 0 radical (unpaired) electrons. The van der Waals surface area contributed by atoms with Gasteiger partial charge >= 0.3 is 0 Å². The fourth-order valence-electron chi connectivity index (χ4n) is 3.71. The maximum Gasteiger partial charge on any atom is 0.258 e. The SMILES string of the molecule is Cc1cc(C(=O)NCCc2cn(C(C)C)c3ccccc23)c2c(C)noc2n1. The third kappa shape index (κ3) is 3.15. The quantitative estimate of drug-likeness (QED) is 0.562. The Morgan fingerprint density at radius 2 is 2.04 bits per heavy atom. The van der Waals surface area contributed by atoms with Crippen molar-refractivity contribution in [2.24, 2.45) is 0 Å². The topological polar surface area (TPSA) is 73.0 Å². The number of rotatable bonds is 5. The van der Waals surface area contributed by atoms with Crippen LogP contribution >= 0.6 is 0 Å². The third-order valence-corrected chi connectivity index (χ3v) is 5.05. The van der Waals surface area contributed by atoms with Gasteiger partial charge in [0.25, 0.3) is 11.6 Å². The van der Waals surface area contributed by atoms with Crippen molar-refractivity contribution in [3.05, 3.63) is 59.0 Å². The summed E-state index contributed by atoms with van der Waals surface area (Å²) in [4.78, 5) is 17.1. The minimum Gasteiger partial charge on any atom is -0.352 e. The summed E-state index contributed by atoms with van der Waals surface area (Å²) in [5.41, 5.74) is 4.84. The molecular weight excluding hydrogens is 352 g/mol. The monoisotopic (exact) mass is 376 g/mol. The Kier molecular flexibility index (Phi) is 4.63. The number of hydrogen-bond acceptors (Lipinski definition) is 4. The molecule has 0 atom stereocenters. The Morgan fingerprint density at radius 3 is 2.82 bits per heavy atom. The number of fused-ring (bicyclic) bond motifs is 2. The number of benzene rings is 1. The van der Waals surface area contributed by atoms with E-state index in [4.69, 9.17) is 4.52 Å². The Balaban J connectivity index is 1.54. The molecule has 144 valence electrons. The fourth-order valence-corrected chi connectivity index (χ4v) is 3.71. The first kappa shape index (κ1) is 18.2. The van der Waals surface area contributed by atoms with Gasteiger partial charge in [-0.3, -0.25) is 4.79 Å². The van der Waals surface area contributed by atoms with E-state index in [9.17, 15) is 4.79 Å². The van der Waals surface area contributed by atoms with Gasteiger partial charge in [-0.05, 0) is 51.8 Å². The van der Waals surface area contributed by atoms with E-state index in [1.165, 1.54) is 16.5 Å². The lowest BCUT2D eigenvalue weighted by Crippen LogP contribution is -2.26. The van der Waals surface area contributed by atoms with Crippen LogP contribution in [-0.2, 0) is 6.42 Å². The molecule has 1 aromatic carbocycles. The number of hydrogen-bond donors (Lipinski definition) is 1. The van der Waals surface area contributed by atoms with Crippen LogP contribution in [0.4, 0.5) is 0 Å². The highest BCUT2D eigenvalue weighted by Crippen LogP contribution is 2.25. The molecule has 3 aromatic heterocycles. The summed E-state index contributed by atoms with van der Waals surface area (Å²) in [6.45, 7) is 8.57. The molecular formula is C22H24N4O2. The molecule has 0 unspecified atom stereocenters. The fraction of sp³-hybridized carbons (Fsp3) is 0.318. The van der Waals surface area contributed by atoms with E-state index in [0.29, 0.717) is 34.9 Å². The van der Waals surface area contributed by atoms with Crippen LogP contribution in [0.15, 0.2) is 41.1 Å². The first-order valence-electron chi connectivity index (χ1n) is 9.56. The lowest BCUT2D eigenvalue weighted by Gasteiger charge is -2.08. The number of carbonyl (C=O) groups is 1. The molecule has 0 spiro atoms. The number of aromatic nitrogens is 3. The molecule has 6 heteroatoms. The summed E-state index contributed by atoms with van der Waals surface area (Å²) in [6.07, 6.45) is 2.96. The van der Waals surface area contributed by atoms with Gasteiger partial charge < -0.3 is 14.4 Å². The van der Waals surface area contributed by atoms with Gasteiger partial charge in [0.05, 0.1) is 16.6 Å². The second-order valence-electron chi connectivity index (χ2n) is 7.44. The second kappa shape index (κ2) is 7.11. The minimum atomic E-state index is -0.130. The van der Waals surface area contributed by atoms with Gasteiger partial charge in [0, 0.05) is 35.4 Å². The van der Waals surface area contributed by atoms with Gasteiger partial charge in [0.2, 0.25) is 0 Å². The number of para-hydroxylation sites is 1. The molecule has 0 bridgehead atoms. The molecule has 4 aromatic rings. The van der Waals surface area contributed by atoms with Gasteiger partial charge in [-0.15, -0.1) is 0 Å². The van der Waals surface area contributed by atoms with E-state index in [1.807, 2.05) is 13.8 Å². The number of amides is 1. The predicted molar refractivity (Wildman–Crippen MR) is 110 cm³/mol. The lowest BCUT2D eigenvalue weighted by atomic mass is 10.1. The Bertz CT molecular complexity index is 1170. The van der Waals surface area contributed by atoms with Crippen molar-refractivity contribution in [1.29, 1.82) is 0 Å². The van der Waals surface area contributed by atoms with Crippen molar-refractivity contribution in [3.63, 3.8) is 0 Å². The predicted octanol–water partition coefficient (Wildman–Crippen LogP) is 4.35. The van der Waals surface area contributed by atoms with Gasteiger partial charge in [0.15, 0.2) is 0 Å². The van der Waals surface area contributed by atoms with E-state index >= 15 is 0 Å². The summed E-state index contributed by atoms with van der Waals surface area (Å²) in [5.74, 6) is -0.130. The van der Waals surface area contributed by atoms with Crippen molar-refractivity contribution >= 4 is 27.9 Å². The zero-order valence-electron chi connectivity index (χ0n) is 16.6. The molecule has 0 saturated carbocycles. The second-order valence-corrected chi connectivity index (χ2v) is 7.44. The zero-order valence-corrected chi connectivity index (χ0v) is 16.6. The molecule has 1 N–H and O–H groups in total. The maximum absolute atomic E-state index is 12.8. The summed E-state index contributed by atoms with van der Waals surface area (Å²) in [6, 6.07) is 10.6. The van der Waals surface area contributed by atoms with Crippen LogP contribution in [0.5, 0.6) is 0 Å². The third-order valence-electron chi connectivity index (χ3n) is 5.05. The average molecular weight is 376 g/mol. The normalized spacial score (nSPS) is 11.6. The maximum atomic E-state index is 12.8. The largest absolute Gasteiger partial charge is 0.352 e. The van der Waals surface area contributed by atoms with Crippen LogP contribution in [0.3, 0.4) is 0 Å². The molecule has 0 saturated heterocycles. The molecule has 28 heavy (non-hydrogen) atoms. The van der Waals surface area contributed by atoms with Crippen molar-refractivity contribution < 1.29 is 9.32 Å². The molecule has 0 fully saturated rings. The molecule has 3 heterocycles. The standard InChI is InChI=1S/C22H24N4O2/c1-13(2)26-12-16(17-7-5-6-8-19(17)26)9-10-23-21(27)18-11-14(3)24-22-20(18)15(4)25-28-22/h5-8,11-13H,9-10H2,1-4H3,(H,23,27). The summed E-state index contributed by atoms with van der Waals surface area (Å²) in [5, 5.41) is 8.90. The van der Waals surface area contributed by atoms with E-state index in [-0.39, 0.29) is 5.91 Å². The van der Waals surface area contributed by atoms with E-state index in [0.717, 1.165) is 12.1 Å². The highest BCUT2D eigenvalue weighted by atomic mass is 16.5. The molecule has 0 aliphatic heterocycles. The van der Waals surface area contributed by atoms with Crippen LogP contribution in [-0.4, -0.2) is 27.2 Å². The van der Waals surface area contributed by atoms with Crippen molar-refractivity contribution in [3.8, 4) is 0 Å². The number of carbonyl (C=O) groups excluding carboxylic acids is 1. The van der Waals surface area contributed by atoms with Gasteiger partial charge in [-0.25, -0.2) is 4.98 Å². The first-order valence-corrected chi connectivity index (χ1v) is 9.56. The van der Waals surface area contributed by atoms with E-state index in [1.54, 1.807) is 6.07 Å². The molecule has 1 amide bonds. The summed E-state index contributed by atoms with van der Waals surface area (Å²) in [7, 11) is 0. The zero-order chi connectivity index (χ0) is 19.8. The molecule has 0 aliphatic rings. The smallest absolute Gasteiger partial charge is 0.258 e. The highest BCUT2D eigenvalue weighted by molar-refractivity contribution is 6.06. The van der Waals surface area contributed by atoms with Crippen molar-refractivity contribution in [1.82, 2.24) is 20.0 Å². The van der Waals surface area contributed by atoms with Gasteiger partial charge in [-0.2, -0.15) is 0 Å². The van der Waals surface area contributed by atoms with Crippen LogP contribution in [0.1, 0.15) is 47.2 Å². The molecule has 0 aliphatic carbocycles. The number of nitrogens with zero attached hydrogens (tertiary/aromatic N) is 3. The molecule has 6 nitrogen and oxygen atoms in total. The Labute approximate surface area is 163 Å². The number of nitrogens with one attached hydrogen (secondary N) is 1. The number of aryl methyl sites for hydroxylation is 2. The van der Waals surface area contributed by atoms with Gasteiger partial charge in [0.1, 0.15) is 0 Å². The van der Waals surface area contributed by atoms with Crippen molar-refractivity contribution in [2.75, 3.05) is 6.54 Å². The Hall–Kier alpha value is -3.15. The summed E-state index contributed by atoms with van der Waals surface area (Å²) >= 11 is 0. The average Bonchev–Trinajstić information content (AvgIpc) is 3.22. The van der Waals surface area contributed by atoms with E-state index in [2.05, 4.69) is 64.3 Å². The first-order chi connectivity index (χ1) is 13.5. The minimum absolute atomic E-state index is 0.130. The molecule has 4 rings (SSSR count). The van der Waals surface area contributed by atoms with E-state index < -0.39 is 0 Å². The van der Waals surface area contributed by atoms with Crippen LogP contribution in [0.25, 0.3) is 22.0 Å². The van der Waals surface area contributed by atoms with Gasteiger partial charge in [-0.1, -0.05) is 23.4 Å².